The summed E-state index contributed by atoms with van der Waals surface area (Å²) in [5, 5.41) is 12.8. The summed E-state index contributed by atoms with van der Waals surface area (Å²) in [5.74, 6) is -0.656. The van der Waals surface area contributed by atoms with E-state index in [0.717, 1.165) is 11.1 Å². The van der Waals surface area contributed by atoms with Crippen molar-refractivity contribution in [3.8, 4) is 5.75 Å². The van der Waals surface area contributed by atoms with Crippen LogP contribution in [0.1, 0.15) is 18.9 Å². The number of halogens is 1. The molecular formula is C22H19ClN2O3S2. The van der Waals surface area contributed by atoms with E-state index in [4.69, 9.17) is 23.8 Å². The molecule has 2 aromatic carbocycles. The van der Waals surface area contributed by atoms with Gasteiger partial charge in [0, 0.05) is 18.0 Å². The van der Waals surface area contributed by atoms with E-state index in [9.17, 15) is 14.7 Å². The first-order chi connectivity index (χ1) is 14.3. The van der Waals surface area contributed by atoms with E-state index >= 15 is 0 Å². The van der Waals surface area contributed by atoms with Gasteiger partial charge in [-0.1, -0.05) is 72.0 Å². The van der Waals surface area contributed by atoms with Gasteiger partial charge < -0.3 is 10.4 Å². The Morgan fingerprint density at radius 2 is 2.00 bits per heavy atom. The summed E-state index contributed by atoms with van der Waals surface area (Å²) in [5.41, 5.74) is 2.19. The second-order valence-corrected chi connectivity index (χ2v) is 8.70. The Morgan fingerprint density at radius 1 is 1.27 bits per heavy atom. The highest BCUT2D eigenvalue weighted by Gasteiger charge is 2.32. The van der Waals surface area contributed by atoms with Crippen molar-refractivity contribution in [2.75, 3.05) is 11.9 Å². The SMILES string of the molecule is CC(/C=C1\SC(=S)N(CCC(=O)Nc2cc(Cl)ccc2O)C1=O)=C\c1ccccc1. The average Bonchev–Trinajstić information content (AvgIpc) is 2.96. The number of phenols is 1. The van der Waals surface area contributed by atoms with E-state index in [-0.39, 0.29) is 36.2 Å². The van der Waals surface area contributed by atoms with Crippen molar-refractivity contribution in [2.45, 2.75) is 13.3 Å². The van der Waals surface area contributed by atoms with Crippen LogP contribution in [-0.2, 0) is 9.59 Å². The quantitative estimate of drug-likeness (QED) is 0.352. The number of aromatic hydroxyl groups is 1. The van der Waals surface area contributed by atoms with Crippen LogP contribution in [-0.4, -0.2) is 32.7 Å². The number of carbonyl (C=O) groups excluding carboxylic acids is 2. The number of phenolic OH excluding ortho intramolecular Hbond substituents is 1. The number of thiocarbonyl (C=S) groups is 1. The lowest BCUT2D eigenvalue weighted by Crippen LogP contribution is -2.31. The van der Waals surface area contributed by atoms with Crippen LogP contribution >= 0.6 is 35.6 Å². The van der Waals surface area contributed by atoms with E-state index in [0.29, 0.717) is 14.2 Å². The van der Waals surface area contributed by atoms with Crippen LogP contribution in [0.25, 0.3) is 6.08 Å². The van der Waals surface area contributed by atoms with Crippen LogP contribution in [0.2, 0.25) is 5.02 Å². The molecule has 1 aliphatic heterocycles. The Bertz CT molecular complexity index is 1050. The van der Waals surface area contributed by atoms with Gasteiger partial charge in [-0.15, -0.1) is 0 Å². The molecule has 0 radical (unpaired) electrons. The van der Waals surface area contributed by atoms with Gasteiger partial charge in [0.15, 0.2) is 0 Å². The number of hydrogen-bond acceptors (Lipinski definition) is 5. The van der Waals surface area contributed by atoms with Crippen molar-refractivity contribution in [3.05, 3.63) is 75.7 Å². The zero-order valence-electron chi connectivity index (χ0n) is 16.1. The maximum Gasteiger partial charge on any atom is 0.266 e. The highest BCUT2D eigenvalue weighted by Crippen LogP contribution is 2.32. The molecule has 2 amide bonds. The standard InChI is InChI=1S/C22H19ClN2O3S2/c1-14(11-15-5-3-2-4-6-15)12-19-21(28)25(22(29)30-19)10-9-20(27)24-17-13-16(23)7-8-18(17)26/h2-8,11-13,26H,9-10H2,1H3,(H,24,27)/b14-11+,19-12-. The first-order valence-electron chi connectivity index (χ1n) is 9.10. The molecule has 0 bridgehead atoms. The molecular weight excluding hydrogens is 440 g/mol. The average molecular weight is 459 g/mol. The molecule has 2 N–H and O–H groups in total. The monoisotopic (exact) mass is 458 g/mol. The smallest absolute Gasteiger partial charge is 0.266 e. The molecule has 5 nitrogen and oxygen atoms in total. The van der Waals surface area contributed by atoms with Gasteiger partial charge in [-0.25, -0.2) is 0 Å². The van der Waals surface area contributed by atoms with Gasteiger partial charge >= 0.3 is 0 Å². The Balaban J connectivity index is 1.61. The van der Waals surface area contributed by atoms with E-state index < -0.39 is 0 Å². The van der Waals surface area contributed by atoms with Gasteiger partial charge in [0.25, 0.3) is 5.91 Å². The number of nitrogens with zero attached hydrogens (tertiary/aromatic N) is 1. The predicted octanol–water partition coefficient (Wildman–Crippen LogP) is 5.22. The van der Waals surface area contributed by atoms with Gasteiger partial charge in [-0.05, 0) is 42.3 Å². The number of thioether (sulfide) groups is 1. The third kappa shape index (κ3) is 5.72. The lowest BCUT2D eigenvalue weighted by Gasteiger charge is -2.14. The number of nitrogens with one attached hydrogen (secondary N) is 1. The molecule has 30 heavy (non-hydrogen) atoms. The fourth-order valence-electron chi connectivity index (χ4n) is 2.79. The molecule has 154 valence electrons. The van der Waals surface area contributed by atoms with Crippen LogP contribution in [0.4, 0.5) is 5.69 Å². The topological polar surface area (TPSA) is 69.6 Å². The largest absolute Gasteiger partial charge is 0.506 e. The number of benzene rings is 2. The Labute approximate surface area is 189 Å². The van der Waals surface area contributed by atoms with Crippen molar-refractivity contribution in [2.24, 2.45) is 0 Å². The maximum absolute atomic E-state index is 12.7. The molecule has 1 aliphatic rings. The maximum atomic E-state index is 12.7. The minimum Gasteiger partial charge on any atom is -0.506 e. The zero-order chi connectivity index (χ0) is 21.7. The summed E-state index contributed by atoms with van der Waals surface area (Å²) < 4.78 is 0.414. The summed E-state index contributed by atoms with van der Waals surface area (Å²) in [6.07, 6.45) is 3.82. The Kier molecular flexibility index (Phi) is 7.31. The summed E-state index contributed by atoms with van der Waals surface area (Å²) in [6, 6.07) is 14.2. The minimum absolute atomic E-state index is 0.0323. The van der Waals surface area contributed by atoms with E-state index in [2.05, 4.69) is 5.32 Å². The number of amides is 2. The number of anilines is 1. The number of allylic oxidation sites excluding steroid dienone is 2. The normalized spacial score (nSPS) is 15.7. The highest BCUT2D eigenvalue weighted by molar-refractivity contribution is 8.26. The molecule has 0 unspecified atom stereocenters. The van der Waals surface area contributed by atoms with E-state index in [1.165, 1.54) is 34.9 Å². The van der Waals surface area contributed by atoms with E-state index in [1.807, 2.05) is 43.3 Å². The minimum atomic E-state index is -0.356. The third-order valence-electron chi connectivity index (χ3n) is 4.22. The second-order valence-electron chi connectivity index (χ2n) is 6.59. The first kappa shape index (κ1) is 22.1. The van der Waals surface area contributed by atoms with Gasteiger partial charge in [0.2, 0.25) is 5.91 Å². The van der Waals surface area contributed by atoms with Crippen LogP contribution in [0.3, 0.4) is 0 Å². The van der Waals surface area contributed by atoms with Crippen molar-refractivity contribution in [1.29, 1.82) is 0 Å². The lowest BCUT2D eigenvalue weighted by atomic mass is 10.1. The van der Waals surface area contributed by atoms with Gasteiger partial charge in [-0.3, -0.25) is 14.5 Å². The predicted molar refractivity (Wildman–Crippen MR) is 126 cm³/mol. The van der Waals surface area contributed by atoms with Crippen LogP contribution < -0.4 is 5.32 Å². The molecule has 0 aliphatic carbocycles. The van der Waals surface area contributed by atoms with E-state index in [1.54, 1.807) is 6.08 Å². The molecule has 3 rings (SSSR count). The van der Waals surface area contributed by atoms with Gasteiger partial charge in [0.05, 0.1) is 10.6 Å². The fourth-order valence-corrected chi connectivity index (χ4v) is 4.32. The lowest BCUT2D eigenvalue weighted by molar-refractivity contribution is -0.122. The van der Waals surface area contributed by atoms with Crippen LogP contribution in [0.5, 0.6) is 5.75 Å². The summed E-state index contributed by atoms with van der Waals surface area (Å²) in [6.45, 7) is 2.07. The summed E-state index contributed by atoms with van der Waals surface area (Å²) in [7, 11) is 0. The van der Waals surface area contributed by atoms with Gasteiger partial charge in [-0.2, -0.15) is 0 Å². The molecule has 1 fully saturated rings. The molecule has 0 spiro atoms. The second kappa shape index (κ2) is 9.93. The van der Waals surface area contributed by atoms with Gasteiger partial charge in [0.1, 0.15) is 10.1 Å². The molecule has 1 saturated heterocycles. The van der Waals surface area contributed by atoms with Crippen molar-refractivity contribution in [3.63, 3.8) is 0 Å². The van der Waals surface area contributed by atoms with Crippen LogP contribution in [0, 0.1) is 0 Å². The number of rotatable bonds is 6. The molecule has 0 atom stereocenters. The summed E-state index contributed by atoms with van der Waals surface area (Å²) in [4.78, 5) is 26.9. The summed E-state index contributed by atoms with van der Waals surface area (Å²) >= 11 is 12.4. The number of carbonyl (C=O) groups is 2. The third-order valence-corrected chi connectivity index (χ3v) is 5.83. The molecule has 8 heteroatoms. The van der Waals surface area contributed by atoms with Crippen molar-refractivity contribution >= 4 is 63.5 Å². The molecule has 0 saturated carbocycles. The zero-order valence-corrected chi connectivity index (χ0v) is 18.5. The van der Waals surface area contributed by atoms with Crippen LogP contribution in [0.15, 0.2) is 65.1 Å². The number of hydrogen-bond donors (Lipinski definition) is 2. The Hall–Kier alpha value is -2.61. The molecule has 2 aromatic rings. The molecule has 0 aromatic heterocycles. The highest BCUT2D eigenvalue weighted by atomic mass is 35.5. The molecule has 1 heterocycles. The fraction of sp³-hybridized carbons (Fsp3) is 0.136. The van der Waals surface area contributed by atoms with Crippen molar-refractivity contribution < 1.29 is 14.7 Å². The first-order valence-corrected chi connectivity index (χ1v) is 10.7. The Morgan fingerprint density at radius 3 is 2.73 bits per heavy atom. The van der Waals surface area contributed by atoms with Crippen molar-refractivity contribution in [1.82, 2.24) is 4.90 Å².